The third-order valence-electron chi connectivity index (χ3n) is 4.30. The molecule has 0 bridgehead atoms. The maximum Gasteiger partial charge on any atom is 0.290 e. The summed E-state index contributed by atoms with van der Waals surface area (Å²) in [4.78, 5) is 23.0. The lowest BCUT2D eigenvalue weighted by Gasteiger charge is -2.44. The van der Waals surface area contributed by atoms with E-state index in [4.69, 9.17) is 15.6 Å². The third-order valence-corrected chi connectivity index (χ3v) is 5.11. The van der Waals surface area contributed by atoms with Gasteiger partial charge in [0.15, 0.2) is 0 Å². The summed E-state index contributed by atoms with van der Waals surface area (Å²) in [5.74, 6) is 0.0441. The van der Waals surface area contributed by atoms with Crippen molar-refractivity contribution >= 4 is 45.4 Å². The molecule has 2 aliphatic heterocycles. The molecule has 0 unspecified atom stereocenters. The number of nitrogen functional groups attached to an aromatic ring is 1. The molecule has 1 fully saturated rings. The van der Waals surface area contributed by atoms with Crippen LogP contribution >= 0.6 is 11.3 Å². The normalized spacial score (nSPS) is 17.6. The Morgan fingerprint density at radius 3 is 2.48 bits per heavy atom. The van der Waals surface area contributed by atoms with Crippen molar-refractivity contribution in [2.45, 2.75) is 18.4 Å². The highest BCUT2D eigenvalue weighted by atomic mass is 32.1. The average Bonchev–Trinajstić information content (AvgIpc) is 3.04. The van der Waals surface area contributed by atoms with Gasteiger partial charge in [-0.15, -0.1) is 10.2 Å². The smallest absolute Gasteiger partial charge is 0.290 e. The van der Waals surface area contributed by atoms with E-state index in [-0.39, 0.29) is 12.4 Å². The molecule has 25 heavy (non-hydrogen) atoms. The zero-order chi connectivity index (χ0) is 17.9. The molecule has 132 valence electrons. The second-order valence-electron chi connectivity index (χ2n) is 5.72. The molecule has 0 atom stereocenters. The van der Waals surface area contributed by atoms with Gasteiger partial charge >= 0.3 is 0 Å². The fraction of sp³-hybridized carbons (Fsp3) is 0.333. The highest BCUT2D eigenvalue weighted by molar-refractivity contribution is 7.18. The molecule has 2 aromatic rings. The minimum atomic E-state index is -0.541. The Morgan fingerprint density at radius 2 is 1.88 bits per heavy atom. The summed E-state index contributed by atoms with van der Waals surface area (Å²) in [6.45, 7) is 1.24. The van der Waals surface area contributed by atoms with Crippen molar-refractivity contribution in [3.63, 3.8) is 0 Å². The van der Waals surface area contributed by atoms with E-state index < -0.39 is 5.54 Å². The van der Waals surface area contributed by atoms with Gasteiger partial charge in [0, 0.05) is 13.1 Å². The molecule has 1 amide bonds. The fourth-order valence-electron chi connectivity index (χ4n) is 3.04. The van der Waals surface area contributed by atoms with Crippen LogP contribution in [0.1, 0.15) is 12.8 Å². The Kier molecular flexibility index (Phi) is 4.70. The topological polar surface area (TPSA) is 133 Å². The summed E-state index contributed by atoms with van der Waals surface area (Å²) in [5.41, 5.74) is 6.92. The molecule has 0 aliphatic carbocycles. The number of anilines is 4. The number of carbonyl (C=O) groups excluding carboxylic acids is 1. The monoisotopic (exact) mass is 362 g/mol. The highest BCUT2D eigenvalue weighted by Crippen LogP contribution is 2.37. The summed E-state index contributed by atoms with van der Waals surface area (Å²) < 4.78 is 0. The van der Waals surface area contributed by atoms with Crippen LogP contribution in [0.15, 0.2) is 24.3 Å². The van der Waals surface area contributed by atoms with E-state index in [0.29, 0.717) is 18.0 Å². The van der Waals surface area contributed by atoms with E-state index in [0.717, 1.165) is 29.6 Å². The molecule has 3 heterocycles. The number of piperidine rings is 1. The number of aromatic nitrogens is 2. The Bertz CT molecular complexity index is 772. The van der Waals surface area contributed by atoms with E-state index in [2.05, 4.69) is 25.7 Å². The van der Waals surface area contributed by atoms with E-state index in [1.54, 1.807) is 0 Å². The second kappa shape index (κ2) is 6.93. The quantitative estimate of drug-likeness (QED) is 0.557. The molecule has 0 saturated carbocycles. The van der Waals surface area contributed by atoms with Crippen LogP contribution in [-0.2, 0) is 9.59 Å². The van der Waals surface area contributed by atoms with E-state index >= 15 is 0 Å². The molecule has 5 N–H and O–H groups in total. The number of nitrogens with zero attached hydrogens (tertiary/aromatic N) is 3. The summed E-state index contributed by atoms with van der Waals surface area (Å²) in [6, 6.07) is 7.79. The van der Waals surface area contributed by atoms with Gasteiger partial charge in [0.2, 0.25) is 16.2 Å². The molecular formula is C15H18N6O3S. The molecule has 0 radical (unpaired) electrons. The summed E-state index contributed by atoms with van der Waals surface area (Å²) in [6.07, 6.45) is 1.43. The first kappa shape index (κ1) is 17.0. The SMILES string of the molecule is Nc1nnc(N2CCC3(CC2)Nc2ccccc2NC3=O)s1.O=CO. The van der Waals surface area contributed by atoms with Gasteiger partial charge < -0.3 is 26.4 Å². The van der Waals surface area contributed by atoms with Crippen LogP contribution in [0.4, 0.5) is 21.6 Å². The number of para-hydroxylation sites is 2. The number of fused-ring (bicyclic) bond motifs is 1. The van der Waals surface area contributed by atoms with Crippen LogP contribution in [0.2, 0.25) is 0 Å². The fourth-order valence-corrected chi connectivity index (χ4v) is 3.71. The minimum absolute atomic E-state index is 0.0441. The zero-order valence-corrected chi connectivity index (χ0v) is 14.1. The molecular weight excluding hydrogens is 344 g/mol. The molecule has 1 aromatic carbocycles. The number of carbonyl (C=O) groups is 2. The first-order valence-corrected chi connectivity index (χ1v) is 8.50. The van der Waals surface area contributed by atoms with Gasteiger partial charge in [-0.25, -0.2) is 0 Å². The van der Waals surface area contributed by atoms with Crippen LogP contribution in [-0.4, -0.2) is 46.3 Å². The van der Waals surface area contributed by atoms with Gasteiger partial charge in [0.05, 0.1) is 11.4 Å². The number of nitrogens with two attached hydrogens (primary N) is 1. The molecule has 10 heteroatoms. The largest absolute Gasteiger partial charge is 0.483 e. The lowest BCUT2D eigenvalue weighted by molar-refractivity contribution is -0.123. The van der Waals surface area contributed by atoms with Crippen molar-refractivity contribution in [2.24, 2.45) is 0 Å². The molecule has 1 aromatic heterocycles. The van der Waals surface area contributed by atoms with Crippen LogP contribution < -0.4 is 21.3 Å². The average molecular weight is 362 g/mol. The number of rotatable bonds is 1. The Balaban J connectivity index is 0.000000569. The zero-order valence-electron chi connectivity index (χ0n) is 13.3. The van der Waals surface area contributed by atoms with Crippen molar-refractivity contribution in [3.8, 4) is 0 Å². The predicted molar refractivity (Wildman–Crippen MR) is 95.9 cm³/mol. The van der Waals surface area contributed by atoms with Gasteiger partial charge in [-0.2, -0.15) is 0 Å². The van der Waals surface area contributed by atoms with Crippen molar-refractivity contribution < 1.29 is 14.7 Å². The Hall–Kier alpha value is -2.88. The van der Waals surface area contributed by atoms with Crippen molar-refractivity contribution in [2.75, 3.05) is 34.4 Å². The van der Waals surface area contributed by atoms with Crippen LogP contribution in [0.25, 0.3) is 0 Å². The lowest BCUT2D eigenvalue weighted by Crippen LogP contribution is -2.58. The molecule has 1 spiro atoms. The Morgan fingerprint density at radius 1 is 1.24 bits per heavy atom. The molecule has 4 rings (SSSR count). The minimum Gasteiger partial charge on any atom is -0.483 e. The number of hydrogen-bond donors (Lipinski definition) is 4. The van der Waals surface area contributed by atoms with Gasteiger partial charge in [-0.3, -0.25) is 9.59 Å². The maximum absolute atomic E-state index is 12.5. The second-order valence-corrected chi connectivity index (χ2v) is 6.71. The number of benzene rings is 1. The number of hydrogen-bond acceptors (Lipinski definition) is 8. The van der Waals surface area contributed by atoms with E-state index in [1.807, 2.05) is 24.3 Å². The van der Waals surface area contributed by atoms with Gasteiger partial charge in [0.1, 0.15) is 5.54 Å². The van der Waals surface area contributed by atoms with E-state index in [1.165, 1.54) is 11.3 Å². The summed E-state index contributed by atoms with van der Waals surface area (Å²) >= 11 is 1.38. The van der Waals surface area contributed by atoms with Crippen molar-refractivity contribution in [1.29, 1.82) is 0 Å². The van der Waals surface area contributed by atoms with Crippen molar-refractivity contribution in [1.82, 2.24) is 10.2 Å². The molecule has 2 aliphatic rings. The predicted octanol–water partition coefficient (Wildman–Crippen LogP) is 1.22. The maximum atomic E-state index is 12.5. The number of amides is 1. The van der Waals surface area contributed by atoms with Gasteiger partial charge in [-0.05, 0) is 25.0 Å². The van der Waals surface area contributed by atoms with Crippen LogP contribution in [0.5, 0.6) is 0 Å². The van der Waals surface area contributed by atoms with Crippen LogP contribution in [0.3, 0.4) is 0 Å². The summed E-state index contributed by atoms with van der Waals surface area (Å²) in [7, 11) is 0. The highest BCUT2D eigenvalue weighted by Gasteiger charge is 2.44. The van der Waals surface area contributed by atoms with Gasteiger partial charge in [0.25, 0.3) is 6.47 Å². The van der Waals surface area contributed by atoms with E-state index in [9.17, 15) is 4.79 Å². The standard InChI is InChI=1S/C14H16N6OS.CH2O2/c15-12-18-19-13(22-12)20-7-5-14(6-8-20)11(21)16-9-3-1-2-4-10(9)17-14;2-1-3/h1-4,17H,5-8H2,(H2,15,18)(H,16,21);1H,(H,2,3). The number of carboxylic acid groups (broad SMARTS) is 1. The van der Waals surface area contributed by atoms with Crippen molar-refractivity contribution in [3.05, 3.63) is 24.3 Å². The van der Waals surface area contributed by atoms with Crippen LogP contribution in [0, 0.1) is 0 Å². The third kappa shape index (κ3) is 3.33. The molecule has 9 nitrogen and oxygen atoms in total. The summed E-state index contributed by atoms with van der Waals surface area (Å²) in [5, 5.41) is 22.6. The number of nitrogens with one attached hydrogen (secondary N) is 2. The van der Waals surface area contributed by atoms with Gasteiger partial charge in [-0.1, -0.05) is 23.5 Å². The Labute approximate surface area is 147 Å². The first-order valence-electron chi connectivity index (χ1n) is 7.68. The molecule has 1 saturated heterocycles. The first-order chi connectivity index (χ1) is 12.1. The lowest BCUT2D eigenvalue weighted by atomic mass is 9.84.